The number of unbranched alkanes of at least 4 members (excludes halogenated alkanes) is 10. The van der Waals surface area contributed by atoms with E-state index in [1.165, 1.54) is 57.8 Å². The predicted octanol–water partition coefficient (Wildman–Crippen LogP) is 6.03. The van der Waals surface area contributed by atoms with Gasteiger partial charge in [0.05, 0.1) is 0 Å². The molecule has 4 nitrogen and oxygen atoms in total. The summed E-state index contributed by atoms with van der Waals surface area (Å²) in [6.07, 6.45) is 14.7. The highest BCUT2D eigenvalue weighted by Gasteiger charge is 2.08. The van der Waals surface area contributed by atoms with Crippen molar-refractivity contribution < 1.29 is 9.59 Å². The van der Waals surface area contributed by atoms with Crippen molar-refractivity contribution in [2.75, 3.05) is 19.4 Å². The van der Waals surface area contributed by atoms with Crippen molar-refractivity contribution in [3.05, 3.63) is 29.8 Å². The van der Waals surface area contributed by atoms with Gasteiger partial charge in [0.15, 0.2) is 0 Å². The highest BCUT2D eigenvalue weighted by Crippen LogP contribution is 2.14. The predicted molar refractivity (Wildman–Crippen MR) is 114 cm³/mol. The Kier molecular flexibility index (Phi) is 12.2. The molecule has 0 aliphatic rings. The lowest BCUT2D eigenvalue weighted by molar-refractivity contribution is -0.116. The molecule has 4 heteroatoms. The minimum absolute atomic E-state index is 0.0335. The molecular formula is C23H38N2O2. The van der Waals surface area contributed by atoms with E-state index in [1.54, 1.807) is 43.3 Å². The van der Waals surface area contributed by atoms with Crippen LogP contribution in [-0.2, 0) is 4.79 Å². The van der Waals surface area contributed by atoms with Gasteiger partial charge in [-0.3, -0.25) is 9.59 Å². The van der Waals surface area contributed by atoms with E-state index in [9.17, 15) is 9.59 Å². The van der Waals surface area contributed by atoms with Crippen LogP contribution in [0.2, 0.25) is 0 Å². The SMILES string of the molecule is CCCCCCCCCCCCCC(=O)Nc1ccc(C(=O)N(C)C)cc1. The number of nitrogens with zero attached hydrogens (tertiary/aromatic N) is 1. The van der Waals surface area contributed by atoms with Gasteiger partial charge in [-0.1, -0.05) is 71.1 Å². The van der Waals surface area contributed by atoms with Crippen LogP contribution in [-0.4, -0.2) is 30.8 Å². The average molecular weight is 375 g/mol. The van der Waals surface area contributed by atoms with Crippen molar-refractivity contribution >= 4 is 17.5 Å². The van der Waals surface area contributed by atoms with Gasteiger partial charge in [-0.25, -0.2) is 0 Å². The number of nitrogens with one attached hydrogen (secondary N) is 1. The Morgan fingerprint density at radius 2 is 1.26 bits per heavy atom. The molecule has 0 saturated heterocycles. The van der Waals surface area contributed by atoms with Crippen molar-refractivity contribution in [3.63, 3.8) is 0 Å². The van der Waals surface area contributed by atoms with Crippen molar-refractivity contribution in [1.29, 1.82) is 0 Å². The summed E-state index contributed by atoms with van der Waals surface area (Å²) in [5.74, 6) is 0.0199. The maximum Gasteiger partial charge on any atom is 0.253 e. The fraction of sp³-hybridized carbons (Fsp3) is 0.652. The smallest absolute Gasteiger partial charge is 0.253 e. The maximum atomic E-state index is 12.0. The van der Waals surface area contributed by atoms with E-state index in [2.05, 4.69) is 12.2 Å². The number of amides is 2. The van der Waals surface area contributed by atoms with Gasteiger partial charge < -0.3 is 10.2 Å². The van der Waals surface area contributed by atoms with Crippen LogP contribution >= 0.6 is 0 Å². The Hall–Kier alpha value is -1.84. The monoisotopic (exact) mass is 374 g/mol. The Morgan fingerprint density at radius 3 is 1.74 bits per heavy atom. The highest BCUT2D eigenvalue weighted by atomic mass is 16.2. The van der Waals surface area contributed by atoms with Crippen LogP contribution in [0.4, 0.5) is 5.69 Å². The number of benzene rings is 1. The lowest BCUT2D eigenvalue weighted by Gasteiger charge is -2.11. The van der Waals surface area contributed by atoms with Gasteiger partial charge in [0.1, 0.15) is 0 Å². The Balaban J connectivity index is 2.06. The first-order chi connectivity index (χ1) is 13.0. The fourth-order valence-electron chi connectivity index (χ4n) is 3.13. The molecule has 27 heavy (non-hydrogen) atoms. The minimum Gasteiger partial charge on any atom is -0.345 e. The second kappa shape index (κ2) is 14.2. The third kappa shape index (κ3) is 10.8. The van der Waals surface area contributed by atoms with Gasteiger partial charge in [0, 0.05) is 31.8 Å². The normalized spacial score (nSPS) is 10.6. The molecule has 0 saturated carbocycles. The van der Waals surface area contributed by atoms with Crippen molar-refractivity contribution in [1.82, 2.24) is 4.90 Å². The first-order valence-corrected chi connectivity index (χ1v) is 10.7. The van der Waals surface area contributed by atoms with E-state index < -0.39 is 0 Å². The Labute approximate surface area is 165 Å². The quantitative estimate of drug-likeness (QED) is 0.404. The number of carbonyl (C=O) groups excluding carboxylic acids is 2. The van der Waals surface area contributed by atoms with E-state index >= 15 is 0 Å². The lowest BCUT2D eigenvalue weighted by atomic mass is 10.1. The molecule has 1 aromatic rings. The number of carbonyl (C=O) groups is 2. The summed E-state index contributed by atoms with van der Waals surface area (Å²) in [5.41, 5.74) is 1.38. The number of rotatable bonds is 14. The summed E-state index contributed by atoms with van der Waals surface area (Å²) < 4.78 is 0. The van der Waals surface area contributed by atoms with Gasteiger partial charge in [-0.2, -0.15) is 0 Å². The van der Waals surface area contributed by atoms with Crippen LogP contribution in [0.5, 0.6) is 0 Å². The van der Waals surface area contributed by atoms with Crippen LogP contribution in [0.1, 0.15) is 94.3 Å². The molecule has 152 valence electrons. The molecule has 0 spiro atoms. The molecule has 0 heterocycles. The van der Waals surface area contributed by atoms with Crippen LogP contribution in [0.25, 0.3) is 0 Å². The molecule has 1 rings (SSSR count). The summed E-state index contributed by atoms with van der Waals surface area (Å²) in [5, 5.41) is 2.91. The maximum absolute atomic E-state index is 12.0. The molecular weight excluding hydrogens is 336 g/mol. The highest BCUT2D eigenvalue weighted by molar-refractivity contribution is 5.95. The van der Waals surface area contributed by atoms with Crippen molar-refractivity contribution in [2.45, 2.75) is 84.0 Å². The average Bonchev–Trinajstić information content (AvgIpc) is 2.66. The van der Waals surface area contributed by atoms with Crippen molar-refractivity contribution in [2.24, 2.45) is 0 Å². The summed E-state index contributed by atoms with van der Waals surface area (Å²) in [7, 11) is 3.46. The number of hydrogen-bond acceptors (Lipinski definition) is 2. The molecule has 0 aliphatic heterocycles. The lowest BCUT2D eigenvalue weighted by Crippen LogP contribution is -2.21. The minimum atomic E-state index is -0.0335. The van der Waals surface area contributed by atoms with Gasteiger partial charge >= 0.3 is 0 Å². The summed E-state index contributed by atoms with van der Waals surface area (Å²) >= 11 is 0. The first kappa shape index (κ1) is 23.2. The zero-order valence-corrected chi connectivity index (χ0v) is 17.6. The molecule has 0 bridgehead atoms. The van der Waals surface area contributed by atoms with E-state index in [1.807, 2.05) is 0 Å². The summed E-state index contributed by atoms with van der Waals surface area (Å²) in [6.45, 7) is 2.25. The topological polar surface area (TPSA) is 49.4 Å². The third-order valence-corrected chi connectivity index (χ3v) is 4.83. The van der Waals surface area contributed by atoms with E-state index in [4.69, 9.17) is 0 Å². The van der Waals surface area contributed by atoms with Crippen molar-refractivity contribution in [3.8, 4) is 0 Å². The third-order valence-electron chi connectivity index (χ3n) is 4.83. The molecule has 0 fully saturated rings. The number of hydrogen-bond donors (Lipinski definition) is 1. The van der Waals surface area contributed by atoms with Gasteiger partial charge in [-0.05, 0) is 30.7 Å². The molecule has 1 aromatic carbocycles. The molecule has 0 radical (unpaired) electrons. The zero-order chi connectivity index (χ0) is 19.9. The van der Waals surface area contributed by atoms with E-state index in [-0.39, 0.29) is 11.8 Å². The molecule has 0 atom stereocenters. The Bertz CT molecular complexity index is 538. The second-order valence-electron chi connectivity index (χ2n) is 7.61. The molecule has 0 unspecified atom stereocenters. The first-order valence-electron chi connectivity index (χ1n) is 10.7. The largest absolute Gasteiger partial charge is 0.345 e. The van der Waals surface area contributed by atoms with Crippen LogP contribution in [0.3, 0.4) is 0 Å². The van der Waals surface area contributed by atoms with Gasteiger partial charge in [0.2, 0.25) is 5.91 Å². The van der Waals surface area contributed by atoms with Gasteiger partial charge in [0.25, 0.3) is 5.91 Å². The van der Waals surface area contributed by atoms with Crippen LogP contribution < -0.4 is 5.32 Å². The van der Waals surface area contributed by atoms with E-state index in [0.29, 0.717) is 12.0 Å². The second-order valence-corrected chi connectivity index (χ2v) is 7.61. The molecule has 0 aromatic heterocycles. The standard InChI is InChI=1S/C23H38N2O2/c1-4-5-6-7-8-9-10-11-12-13-14-15-22(26)24-21-18-16-20(17-19-21)23(27)25(2)3/h16-19H,4-15H2,1-3H3,(H,24,26). The fourth-order valence-corrected chi connectivity index (χ4v) is 3.13. The summed E-state index contributed by atoms with van der Waals surface area (Å²) in [4.78, 5) is 25.4. The van der Waals surface area contributed by atoms with Crippen LogP contribution in [0.15, 0.2) is 24.3 Å². The Morgan fingerprint density at radius 1 is 0.778 bits per heavy atom. The van der Waals surface area contributed by atoms with Gasteiger partial charge in [-0.15, -0.1) is 0 Å². The number of anilines is 1. The molecule has 0 aliphatic carbocycles. The zero-order valence-electron chi connectivity index (χ0n) is 17.6. The molecule has 1 N–H and O–H groups in total. The molecule has 2 amide bonds. The van der Waals surface area contributed by atoms with E-state index in [0.717, 1.165) is 18.5 Å². The van der Waals surface area contributed by atoms with Crippen LogP contribution in [0, 0.1) is 0 Å². The summed E-state index contributed by atoms with van der Waals surface area (Å²) in [6, 6.07) is 7.07.